The summed E-state index contributed by atoms with van der Waals surface area (Å²) in [4.78, 5) is 0. The van der Waals surface area contributed by atoms with Crippen LogP contribution in [0.15, 0.2) is 0 Å². The highest BCUT2D eigenvalue weighted by molar-refractivity contribution is 5.05. The summed E-state index contributed by atoms with van der Waals surface area (Å²) in [6.07, 6.45) is 15.2. The molecule has 0 radical (unpaired) electrons. The summed E-state index contributed by atoms with van der Waals surface area (Å²) in [5.41, 5.74) is -0.474. The third-order valence-corrected chi connectivity index (χ3v) is 5.75. The molecule has 2 heteroatoms. The van der Waals surface area contributed by atoms with Crippen molar-refractivity contribution < 1.29 is 4.74 Å². The van der Waals surface area contributed by atoms with Crippen LogP contribution in [-0.4, -0.2) is 11.7 Å². The first-order chi connectivity index (χ1) is 10.2. The lowest BCUT2D eigenvalue weighted by atomic mass is 9.70. The van der Waals surface area contributed by atoms with Crippen molar-refractivity contribution in [2.24, 2.45) is 11.8 Å². The van der Waals surface area contributed by atoms with Crippen LogP contribution in [0.1, 0.15) is 90.9 Å². The van der Waals surface area contributed by atoms with Crippen LogP contribution in [0.3, 0.4) is 0 Å². The van der Waals surface area contributed by atoms with E-state index in [4.69, 9.17) is 4.74 Å². The second kappa shape index (κ2) is 8.18. The number of hydrogen-bond donors (Lipinski definition) is 0. The normalized spacial score (nSPS) is 32.5. The minimum atomic E-state index is -0.474. The molecule has 21 heavy (non-hydrogen) atoms. The fourth-order valence-corrected chi connectivity index (χ4v) is 4.38. The van der Waals surface area contributed by atoms with Gasteiger partial charge in [0.1, 0.15) is 0 Å². The smallest absolute Gasteiger partial charge is 0.154 e. The van der Waals surface area contributed by atoms with Crippen LogP contribution in [0.2, 0.25) is 0 Å². The zero-order valence-corrected chi connectivity index (χ0v) is 14.1. The molecule has 0 N–H and O–H groups in total. The molecular weight excluding hydrogens is 258 g/mol. The van der Waals surface area contributed by atoms with E-state index in [1.807, 2.05) is 0 Å². The average Bonchev–Trinajstić information content (AvgIpc) is 2.54. The minimum Gasteiger partial charge on any atom is -0.357 e. The van der Waals surface area contributed by atoms with E-state index in [0.29, 0.717) is 0 Å². The van der Waals surface area contributed by atoms with Crippen LogP contribution in [0, 0.1) is 23.2 Å². The molecule has 0 spiro atoms. The molecule has 0 aromatic carbocycles. The molecule has 0 saturated heterocycles. The lowest BCUT2D eigenvalue weighted by Gasteiger charge is -2.40. The van der Waals surface area contributed by atoms with Crippen LogP contribution >= 0.6 is 0 Å². The van der Waals surface area contributed by atoms with E-state index in [9.17, 15) is 5.26 Å². The fourth-order valence-electron chi connectivity index (χ4n) is 4.38. The summed E-state index contributed by atoms with van der Waals surface area (Å²) in [5.74, 6) is 1.80. The van der Waals surface area contributed by atoms with Crippen molar-refractivity contribution in [3.05, 3.63) is 0 Å². The molecule has 120 valence electrons. The molecule has 2 aliphatic carbocycles. The minimum absolute atomic E-state index is 0.232. The van der Waals surface area contributed by atoms with Gasteiger partial charge in [0.15, 0.2) is 5.60 Å². The Bertz CT molecular complexity index is 332. The first kappa shape index (κ1) is 16.8. The zero-order valence-electron chi connectivity index (χ0n) is 14.1. The topological polar surface area (TPSA) is 33.0 Å². The Morgan fingerprint density at radius 3 is 2.29 bits per heavy atom. The molecule has 0 bridgehead atoms. The van der Waals surface area contributed by atoms with Gasteiger partial charge in [0.05, 0.1) is 12.2 Å². The maximum atomic E-state index is 9.64. The van der Waals surface area contributed by atoms with Gasteiger partial charge in [-0.05, 0) is 50.9 Å². The van der Waals surface area contributed by atoms with Gasteiger partial charge in [-0.3, -0.25) is 0 Å². The summed E-state index contributed by atoms with van der Waals surface area (Å²) in [6.45, 7) is 4.35. The van der Waals surface area contributed by atoms with E-state index in [0.717, 1.165) is 31.1 Å². The highest BCUT2D eigenvalue weighted by Gasteiger charge is 2.39. The molecule has 0 aliphatic heterocycles. The summed E-state index contributed by atoms with van der Waals surface area (Å²) in [7, 11) is 0. The third-order valence-electron chi connectivity index (χ3n) is 5.75. The number of ether oxygens (including phenoxy) is 1. The Kier molecular flexibility index (Phi) is 6.55. The second-order valence-electron chi connectivity index (χ2n) is 7.41. The van der Waals surface area contributed by atoms with Crippen LogP contribution in [0.5, 0.6) is 0 Å². The van der Waals surface area contributed by atoms with E-state index in [1.54, 1.807) is 0 Å². The van der Waals surface area contributed by atoms with Gasteiger partial charge in [0, 0.05) is 0 Å². The average molecular weight is 291 g/mol. The number of unbranched alkanes of at least 4 members (excludes halogenated alkanes) is 1. The molecule has 2 fully saturated rings. The molecule has 2 saturated carbocycles. The molecule has 2 nitrogen and oxygen atoms in total. The number of rotatable bonds is 6. The zero-order chi connectivity index (χ0) is 15.1. The summed E-state index contributed by atoms with van der Waals surface area (Å²) < 4.78 is 6.20. The Balaban J connectivity index is 1.82. The van der Waals surface area contributed by atoms with Gasteiger partial charge in [0.25, 0.3) is 0 Å². The molecule has 1 unspecified atom stereocenters. The van der Waals surface area contributed by atoms with Gasteiger partial charge in [-0.25, -0.2) is 0 Å². The van der Waals surface area contributed by atoms with Gasteiger partial charge < -0.3 is 4.74 Å². The monoisotopic (exact) mass is 291 g/mol. The van der Waals surface area contributed by atoms with Gasteiger partial charge in [-0.15, -0.1) is 0 Å². The maximum Gasteiger partial charge on any atom is 0.154 e. The van der Waals surface area contributed by atoms with E-state index in [1.165, 1.54) is 57.8 Å². The summed E-state index contributed by atoms with van der Waals surface area (Å²) in [6, 6.07) is 2.53. The van der Waals surface area contributed by atoms with Crippen LogP contribution < -0.4 is 0 Å². The highest BCUT2D eigenvalue weighted by Crippen LogP contribution is 2.42. The van der Waals surface area contributed by atoms with Crippen LogP contribution in [-0.2, 0) is 4.74 Å². The Morgan fingerprint density at radius 2 is 1.71 bits per heavy atom. The predicted octanol–water partition coefficient (Wildman–Crippen LogP) is 5.61. The van der Waals surface area contributed by atoms with Crippen LogP contribution in [0.4, 0.5) is 0 Å². The van der Waals surface area contributed by atoms with E-state index >= 15 is 0 Å². The Morgan fingerprint density at radius 1 is 1.10 bits per heavy atom. The maximum absolute atomic E-state index is 9.64. The van der Waals surface area contributed by atoms with Crippen molar-refractivity contribution in [3.63, 3.8) is 0 Å². The summed E-state index contributed by atoms with van der Waals surface area (Å²) >= 11 is 0. The fraction of sp³-hybridized carbons (Fsp3) is 0.947. The molecule has 0 heterocycles. The van der Waals surface area contributed by atoms with Gasteiger partial charge in [-0.1, -0.05) is 51.9 Å². The summed E-state index contributed by atoms with van der Waals surface area (Å²) in [5, 5.41) is 9.64. The predicted molar refractivity (Wildman–Crippen MR) is 86.9 cm³/mol. The lowest BCUT2D eigenvalue weighted by Crippen LogP contribution is -2.40. The van der Waals surface area contributed by atoms with Gasteiger partial charge >= 0.3 is 0 Å². The van der Waals surface area contributed by atoms with Crippen molar-refractivity contribution in [2.75, 3.05) is 0 Å². The van der Waals surface area contributed by atoms with Crippen molar-refractivity contribution in [1.29, 1.82) is 5.26 Å². The molecule has 0 amide bonds. The van der Waals surface area contributed by atoms with E-state index in [2.05, 4.69) is 19.9 Å². The highest BCUT2D eigenvalue weighted by atomic mass is 16.5. The Labute approximate surface area is 131 Å². The molecule has 2 aliphatic rings. The standard InChI is InChI=1S/C19H33NO/c1-3-4-8-16(2)21-19(15-20)13-11-18(12-14-19)17-9-6-5-7-10-17/h16-18H,3-14H2,1-2H3. The van der Waals surface area contributed by atoms with Crippen molar-refractivity contribution >= 4 is 0 Å². The van der Waals surface area contributed by atoms with Gasteiger partial charge in [0.2, 0.25) is 0 Å². The molecular formula is C19H33NO. The molecule has 0 aromatic rings. The van der Waals surface area contributed by atoms with Crippen molar-refractivity contribution in [1.82, 2.24) is 0 Å². The Hall–Kier alpha value is -0.550. The molecule has 2 rings (SSSR count). The van der Waals surface area contributed by atoms with Crippen molar-refractivity contribution in [2.45, 2.75) is 103 Å². The second-order valence-corrected chi connectivity index (χ2v) is 7.41. The SMILES string of the molecule is CCCCC(C)OC1(C#N)CCC(C2CCCCC2)CC1. The van der Waals surface area contributed by atoms with Crippen LogP contribution in [0.25, 0.3) is 0 Å². The number of nitrogens with zero attached hydrogens (tertiary/aromatic N) is 1. The quantitative estimate of drug-likeness (QED) is 0.636. The number of nitriles is 1. The first-order valence-electron chi connectivity index (χ1n) is 9.28. The number of hydrogen-bond acceptors (Lipinski definition) is 2. The first-order valence-corrected chi connectivity index (χ1v) is 9.28. The van der Waals surface area contributed by atoms with E-state index < -0.39 is 5.60 Å². The lowest BCUT2D eigenvalue weighted by molar-refractivity contribution is -0.0841. The van der Waals surface area contributed by atoms with Gasteiger partial charge in [-0.2, -0.15) is 5.26 Å². The largest absolute Gasteiger partial charge is 0.357 e. The third kappa shape index (κ3) is 4.71. The van der Waals surface area contributed by atoms with E-state index in [-0.39, 0.29) is 6.10 Å². The van der Waals surface area contributed by atoms with Crippen molar-refractivity contribution in [3.8, 4) is 6.07 Å². The molecule has 1 atom stereocenters. The molecule has 0 aromatic heterocycles.